The van der Waals surface area contributed by atoms with Gasteiger partial charge in [-0.15, -0.1) is 12.4 Å². The number of amides is 2. The third kappa shape index (κ3) is 4.03. The molecule has 0 unspecified atom stereocenters. The van der Waals surface area contributed by atoms with Crippen molar-refractivity contribution in [3.63, 3.8) is 0 Å². The zero-order valence-corrected chi connectivity index (χ0v) is 14.0. The van der Waals surface area contributed by atoms with Gasteiger partial charge in [-0.05, 0) is 43.9 Å². The number of rotatable bonds is 5. The lowest BCUT2D eigenvalue weighted by Crippen LogP contribution is -2.40. The molecule has 126 valence electrons. The molecule has 1 aromatic rings. The number of carbonyl (C=O) groups is 2. The Morgan fingerprint density at radius 3 is 2.30 bits per heavy atom. The number of nitrogens with two attached hydrogens (primary N) is 1. The lowest BCUT2D eigenvalue weighted by Gasteiger charge is -2.25. The second kappa shape index (κ2) is 7.32. The summed E-state index contributed by atoms with van der Waals surface area (Å²) in [6, 6.07) is 7.31. The van der Waals surface area contributed by atoms with Gasteiger partial charge in [-0.1, -0.05) is 18.9 Å². The van der Waals surface area contributed by atoms with Gasteiger partial charge in [0.2, 0.25) is 11.8 Å². The van der Waals surface area contributed by atoms with Crippen molar-refractivity contribution in [1.82, 2.24) is 0 Å². The molecule has 2 aliphatic carbocycles. The first-order valence-electron chi connectivity index (χ1n) is 8.05. The highest BCUT2D eigenvalue weighted by molar-refractivity contribution is 5.98. The molecule has 2 saturated carbocycles. The van der Waals surface area contributed by atoms with E-state index in [0.29, 0.717) is 12.2 Å². The predicted molar refractivity (Wildman–Crippen MR) is 93.6 cm³/mol. The minimum absolute atomic E-state index is 0. The molecular weight excluding hydrogens is 314 g/mol. The maximum atomic E-state index is 12.5. The van der Waals surface area contributed by atoms with Gasteiger partial charge in [0.1, 0.15) is 0 Å². The Balaban J connectivity index is 0.00000192. The number of benzene rings is 1. The molecule has 2 amide bonds. The van der Waals surface area contributed by atoms with Crippen molar-refractivity contribution in [2.24, 2.45) is 17.1 Å². The van der Waals surface area contributed by atoms with Crippen molar-refractivity contribution >= 4 is 35.6 Å². The monoisotopic (exact) mass is 337 g/mol. The highest BCUT2D eigenvalue weighted by Gasteiger charge is 2.39. The van der Waals surface area contributed by atoms with Crippen LogP contribution < -0.4 is 16.4 Å². The summed E-state index contributed by atoms with van der Waals surface area (Å²) in [6.45, 7) is 0.386. The Kier molecular flexibility index (Phi) is 5.65. The molecule has 0 atom stereocenters. The average molecular weight is 338 g/mol. The van der Waals surface area contributed by atoms with E-state index in [1.165, 1.54) is 0 Å². The molecule has 1 aromatic carbocycles. The van der Waals surface area contributed by atoms with E-state index in [0.717, 1.165) is 44.2 Å². The second-order valence-electron chi connectivity index (χ2n) is 6.49. The molecular formula is C17H24ClN3O2. The Hall–Kier alpha value is -1.59. The summed E-state index contributed by atoms with van der Waals surface area (Å²) in [7, 11) is 0. The fourth-order valence-corrected chi connectivity index (χ4v) is 3.10. The minimum atomic E-state index is -0.423. The zero-order chi connectivity index (χ0) is 15.6. The molecule has 0 bridgehead atoms. The van der Waals surface area contributed by atoms with Crippen molar-refractivity contribution in [3.8, 4) is 0 Å². The number of hydrogen-bond acceptors (Lipinski definition) is 3. The quantitative estimate of drug-likeness (QED) is 0.772. The lowest BCUT2D eigenvalue weighted by atomic mass is 9.85. The molecule has 0 radical (unpaired) electrons. The van der Waals surface area contributed by atoms with Crippen molar-refractivity contribution in [2.75, 3.05) is 17.2 Å². The highest BCUT2D eigenvalue weighted by Crippen LogP contribution is 2.38. The number of nitrogens with one attached hydrogen (secondary N) is 2. The van der Waals surface area contributed by atoms with E-state index in [4.69, 9.17) is 5.73 Å². The fourth-order valence-electron chi connectivity index (χ4n) is 3.10. The summed E-state index contributed by atoms with van der Waals surface area (Å²) in [5, 5.41) is 5.86. The Bertz CT molecular complexity index is 581. The number of hydrogen-bond donors (Lipinski definition) is 3. The van der Waals surface area contributed by atoms with Gasteiger partial charge in [-0.3, -0.25) is 9.59 Å². The summed E-state index contributed by atoms with van der Waals surface area (Å²) >= 11 is 0. The molecule has 5 nitrogen and oxygen atoms in total. The topological polar surface area (TPSA) is 84.2 Å². The van der Waals surface area contributed by atoms with Crippen molar-refractivity contribution in [3.05, 3.63) is 24.3 Å². The third-order valence-corrected chi connectivity index (χ3v) is 4.77. The first kappa shape index (κ1) is 17.8. The van der Waals surface area contributed by atoms with E-state index >= 15 is 0 Å². The van der Waals surface area contributed by atoms with E-state index in [2.05, 4.69) is 10.6 Å². The van der Waals surface area contributed by atoms with Gasteiger partial charge in [0, 0.05) is 23.8 Å². The molecule has 23 heavy (non-hydrogen) atoms. The Morgan fingerprint density at radius 1 is 1.13 bits per heavy atom. The van der Waals surface area contributed by atoms with Crippen LogP contribution in [0.15, 0.2) is 24.3 Å². The summed E-state index contributed by atoms with van der Waals surface area (Å²) < 4.78 is 0. The first-order valence-corrected chi connectivity index (χ1v) is 8.05. The molecule has 0 saturated heterocycles. The van der Waals surface area contributed by atoms with Gasteiger partial charge in [-0.25, -0.2) is 0 Å². The normalized spacial score (nSPS) is 18.8. The summed E-state index contributed by atoms with van der Waals surface area (Å²) in [4.78, 5) is 24.3. The van der Waals surface area contributed by atoms with Crippen LogP contribution in [0, 0.1) is 11.3 Å². The van der Waals surface area contributed by atoms with Crippen LogP contribution in [-0.2, 0) is 9.59 Å². The van der Waals surface area contributed by atoms with Gasteiger partial charge in [0.25, 0.3) is 0 Å². The van der Waals surface area contributed by atoms with Crippen molar-refractivity contribution < 1.29 is 9.59 Å². The van der Waals surface area contributed by atoms with Crippen LogP contribution in [0.4, 0.5) is 11.4 Å². The van der Waals surface area contributed by atoms with Crippen LogP contribution in [0.3, 0.4) is 0 Å². The van der Waals surface area contributed by atoms with E-state index in [9.17, 15) is 9.59 Å². The molecule has 2 aliphatic rings. The number of halogens is 1. The van der Waals surface area contributed by atoms with E-state index in [1.54, 1.807) is 6.07 Å². The van der Waals surface area contributed by atoms with Crippen molar-refractivity contribution in [1.29, 1.82) is 0 Å². The fraction of sp³-hybridized carbons (Fsp3) is 0.529. The molecule has 2 fully saturated rings. The summed E-state index contributed by atoms with van der Waals surface area (Å²) in [5.74, 6) is 0.230. The van der Waals surface area contributed by atoms with Crippen LogP contribution in [0.25, 0.3) is 0 Å². The summed E-state index contributed by atoms with van der Waals surface area (Å²) in [5.41, 5.74) is 6.85. The van der Waals surface area contributed by atoms with Gasteiger partial charge < -0.3 is 16.4 Å². The average Bonchev–Trinajstić information content (AvgIpc) is 3.25. The second-order valence-corrected chi connectivity index (χ2v) is 6.49. The Labute approximate surface area is 142 Å². The smallest absolute Gasteiger partial charge is 0.231 e. The Morgan fingerprint density at radius 2 is 1.74 bits per heavy atom. The number of carbonyl (C=O) groups excluding carboxylic acids is 2. The molecule has 6 heteroatoms. The third-order valence-electron chi connectivity index (χ3n) is 4.77. The molecule has 0 aliphatic heterocycles. The molecule has 0 heterocycles. The zero-order valence-electron chi connectivity index (χ0n) is 13.1. The highest BCUT2D eigenvalue weighted by atomic mass is 35.5. The SMILES string of the molecule is Cl.NCC1(C(=O)Nc2cccc(NC(=O)C3CC3)c2)CCCC1. The molecule has 0 spiro atoms. The van der Waals surface area contributed by atoms with Gasteiger partial charge in [0.15, 0.2) is 0 Å². The van der Waals surface area contributed by atoms with Gasteiger partial charge in [0.05, 0.1) is 5.41 Å². The lowest BCUT2D eigenvalue weighted by molar-refractivity contribution is -0.124. The first-order chi connectivity index (χ1) is 10.6. The van der Waals surface area contributed by atoms with Crippen LogP contribution >= 0.6 is 12.4 Å². The molecule has 4 N–H and O–H groups in total. The molecule has 0 aromatic heterocycles. The van der Waals surface area contributed by atoms with Crippen LogP contribution in [0.1, 0.15) is 38.5 Å². The maximum absolute atomic E-state index is 12.5. The van der Waals surface area contributed by atoms with Gasteiger partial charge >= 0.3 is 0 Å². The largest absolute Gasteiger partial charge is 0.329 e. The van der Waals surface area contributed by atoms with Crippen LogP contribution in [0.5, 0.6) is 0 Å². The van der Waals surface area contributed by atoms with Crippen LogP contribution in [0.2, 0.25) is 0 Å². The minimum Gasteiger partial charge on any atom is -0.329 e. The van der Waals surface area contributed by atoms with E-state index in [-0.39, 0.29) is 30.1 Å². The van der Waals surface area contributed by atoms with Gasteiger partial charge in [-0.2, -0.15) is 0 Å². The standard InChI is InChI=1S/C17H23N3O2.ClH/c18-11-17(8-1-2-9-17)16(22)20-14-5-3-4-13(10-14)19-15(21)12-6-7-12;/h3-5,10,12H,1-2,6-9,11,18H2,(H,19,21)(H,20,22);1H. The molecule has 3 rings (SSSR count). The summed E-state index contributed by atoms with van der Waals surface area (Å²) in [6.07, 6.45) is 5.77. The maximum Gasteiger partial charge on any atom is 0.231 e. The van der Waals surface area contributed by atoms with Crippen LogP contribution in [-0.4, -0.2) is 18.4 Å². The predicted octanol–water partition coefficient (Wildman–Crippen LogP) is 2.91. The van der Waals surface area contributed by atoms with E-state index < -0.39 is 5.41 Å². The van der Waals surface area contributed by atoms with Crippen molar-refractivity contribution in [2.45, 2.75) is 38.5 Å². The number of anilines is 2. The van der Waals surface area contributed by atoms with E-state index in [1.807, 2.05) is 18.2 Å².